The highest BCUT2D eigenvalue weighted by Gasteiger charge is 2.30. The van der Waals surface area contributed by atoms with Gasteiger partial charge in [-0.05, 0) is 49.6 Å². The molecule has 1 atom stereocenters. The highest BCUT2D eigenvalue weighted by atomic mass is 32.1. The van der Waals surface area contributed by atoms with E-state index in [9.17, 15) is 14.4 Å². The van der Waals surface area contributed by atoms with Gasteiger partial charge in [-0.1, -0.05) is 43.5 Å². The Balaban J connectivity index is 1.27. The van der Waals surface area contributed by atoms with Crippen LogP contribution in [0.1, 0.15) is 67.8 Å². The molecule has 42 heavy (non-hydrogen) atoms. The molecule has 1 saturated carbocycles. The third-order valence-corrected chi connectivity index (χ3v) is 10.2. The number of para-hydroxylation sites is 1. The van der Waals surface area contributed by atoms with Crippen LogP contribution in [-0.2, 0) is 16.1 Å². The molecule has 4 heterocycles. The van der Waals surface area contributed by atoms with Crippen LogP contribution in [0, 0.1) is 5.92 Å². The Morgan fingerprint density at radius 3 is 2.48 bits per heavy atom. The highest BCUT2D eigenvalue weighted by molar-refractivity contribution is 7.13. The summed E-state index contributed by atoms with van der Waals surface area (Å²) in [7, 11) is 0. The fraction of sp³-hybridized carbons (Fsp3) is 0.515. The Morgan fingerprint density at radius 2 is 1.76 bits per heavy atom. The fourth-order valence-corrected chi connectivity index (χ4v) is 7.59. The van der Waals surface area contributed by atoms with Crippen LogP contribution in [0.5, 0.6) is 0 Å². The van der Waals surface area contributed by atoms with Crippen LogP contribution in [0.25, 0.3) is 21.5 Å². The number of nitrogens with one attached hydrogen (secondary N) is 1. The topological polar surface area (TPSA) is 85.9 Å². The SMILES string of the molecule is C[C@H](NC(=O)c1c(CN2CCN(CCN3CCCC3=O)C(=O)C2)c(-c2cccs2)nc2ccccc12)C1CCCCC1. The summed E-state index contributed by atoms with van der Waals surface area (Å²) in [6, 6.07) is 12.1. The lowest BCUT2D eigenvalue weighted by atomic mass is 9.84. The first-order valence-electron chi connectivity index (χ1n) is 15.5. The molecule has 8 nitrogen and oxygen atoms in total. The fourth-order valence-electron chi connectivity index (χ4n) is 6.85. The van der Waals surface area contributed by atoms with E-state index in [0.717, 1.165) is 52.8 Å². The van der Waals surface area contributed by atoms with Gasteiger partial charge in [0, 0.05) is 62.7 Å². The van der Waals surface area contributed by atoms with Crippen LogP contribution < -0.4 is 5.32 Å². The summed E-state index contributed by atoms with van der Waals surface area (Å²) in [5, 5.41) is 6.27. The van der Waals surface area contributed by atoms with E-state index in [2.05, 4.69) is 23.2 Å². The summed E-state index contributed by atoms with van der Waals surface area (Å²) < 4.78 is 0. The molecule has 222 valence electrons. The van der Waals surface area contributed by atoms with Crippen LogP contribution in [0.15, 0.2) is 41.8 Å². The number of benzene rings is 1. The molecule has 1 aliphatic carbocycles. The van der Waals surface area contributed by atoms with Crippen molar-refractivity contribution >= 4 is 40.0 Å². The minimum atomic E-state index is -0.0558. The summed E-state index contributed by atoms with van der Waals surface area (Å²) in [5.74, 6) is 0.697. The number of carbonyl (C=O) groups is 3. The lowest BCUT2D eigenvalue weighted by Gasteiger charge is -2.35. The quantitative estimate of drug-likeness (QED) is 0.384. The van der Waals surface area contributed by atoms with E-state index in [0.29, 0.717) is 50.6 Å². The molecule has 9 heteroatoms. The zero-order valence-electron chi connectivity index (χ0n) is 24.5. The second-order valence-corrected chi connectivity index (χ2v) is 13.0. The van der Waals surface area contributed by atoms with E-state index in [-0.39, 0.29) is 30.3 Å². The Morgan fingerprint density at radius 1 is 0.976 bits per heavy atom. The minimum Gasteiger partial charge on any atom is -0.349 e. The summed E-state index contributed by atoms with van der Waals surface area (Å²) in [5.41, 5.74) is 3.18. The number of pyridine rings is 1. The molecule has 3 aliphatic rings. The standard InChI is InChI=1S/C33H41N5O3S/c1-23(24-9-3-2-4-10-24)34-33(41)31-25-11-5-6-12-27(25)35-32(28-13-8-20-42-28)26(31)21-36-16-17-38(30(40)22-36)19-18-37-15-7-14-29(37)39/h5-6,8,11-13,20,23-24H,2-4,7,9-10,14-19,21-22H2,1H3,(H,34,41)/t23-/m0/s1. The molecule has 3 aromatic rings. The molecule has 0 unspecified atom stereocenters. The van der Waals surface area contributed by atoms with Crippen LogP contribution in [-0.4, -0.2) is 82.7 Å². The molecule has 1 aromatic carbocycles. The Labute approximate surface area is 252 Å². The van der Waals surface area contributed by atoms with Crippen molar-refractivity contribution in [1.82, 2.24) is 25.0 Å². The van der Waals surface area contributed by atoms with E-state index >= 15 is 0 Å². The van der Waals surface area contributed by atoms with Crippen molar-refractivity contribution in [1.29, 1.82) is 0 Å². The van der Waals surface area contributed by atoms with E-state index in [1.165, 1.54) is 19.3 Å². The van der Waals surface area contributed by atoms with Crippen molar-refractivity contribution in [3.05, 3.63) is 52.9 Å². The van der Waals surface area contributed by atoms with Gasteiger partial charge in [0.2, 0.25) is 11.8 Å². The maximum Gasteiger partial charge on any atom is 0.252 e. The molecule has 2 aliphatic heterocycles. The second-order valence-electron chi connectivity index (χ2n) is 12.0. The van der Waals surface area contributed by atoms with Gasteiger partial charge >= 0.3 is 0 Å². The average molecular weight is 588 g/mol. The molecular formula is C33H41N5O3S. The van der Waals surface area contributed by atoms with Gasteiger partial charge < -0.3 is 15.1 Å². The molecule has 1 N–H and O–H groups in total. The Bertz CT molecular complexity index is 1430. The zero-order valence-corrected chi connectivity index (χ0v) is 25.3. The highest BCUT2D eigenvalue weighted by Crippen LogP contribution is 2.34. The predicted octanol–water partition coefficient (Wildman–Crippen LogP) is 4.93. The molecule has 0 spiro atoms. The maximum absolute atomic E-state index is 14.2. The van der Waals surface area contributed by atoms with Gasteiger partial charge in [0.25, 0.3) is 5.91 Å². The molecule has 0 radical (unpaired) electrons. The first kappa shape index (κ1) is 28.8. The second kappa shape index (κ2) is 12.9. The van der Waals surface area contributed by atoms with Gasteiger partial charge in [0.1, 0.15) is 0 Å². The number of carbonyl (C=O) groups excluding carboxylic acids is 3. The number of aromatic nitrogens is 1. The molecule has 3 amide bonds. The molecule has 3 fully saturated rings. The van der Waals surface area contributed by atoms with Gasteiger partial charge in [0.05, 0.1) is 28.2 Å². The number of nitrogens with zero attached hydrogens (tertiary/aromatic N) is 4. The lowest BCUT2D eigenvalue weighted by molar-refractivity contribution is -0.137. The van der Waals surface area contributed by atoms with Crippen molar-refractivity contribution in [2.24, 2.45) is 5.92 Å². The smallest absolute Gasteiger partial charge is 0.252 e. The largest absolute Gasteiger partial charge is 0.349 e. The normalized spacial score (nSPS) is 19.5. The minimum absolute atomic E-state index is 0.0558. The first-order valence-corrected chi connectivity index (χ1v) is 16.4. The number of thiophene rings is 1. The van der Waals surface area contributed by atoms with Gasteiger partial charge in [-0.25, -0.2) is 4.98 Å². The zero-order chi connectivity index (χ0) is 29.1. The van der Waals surface area contributed by atoms with Crippen molar-refractivity contribution in [2.75, 3.05) is 39.3 Å². The van der Waals surface area contributed by atoms with Crippen LogP contribution in [0.4, 0.5) is 0 Å². The summed E-state index contributed by atoms with van der Waals surface area (Å²) in [4.78, 5) is 51.4. The Hall–Kier alpha value is -3.30. The molecule has 2 saturated heterocycles. The number of amides is 3. The lowest BCUT2D eigenvalue weighted by Crippen LogP contribution is -2.52. The molecular weight excluding hydrogens is 546 g/mol. The van der Waals surface area contributed by atoms with Gasteiger partial charge in [0.15, 0.2) is 0 Å². The molecule has 6 rings (SSSR count). The maximum atomic E-state index is 14.2. The number of hydrogen-bond donors (Lipinski definition) is 1. The monoisotopic (exact) mass is 587 g/mol. The van der Waals surface area contributed by atoms with Crippen molar-refractivity contribution in [2.45, 2.75) is 64.5 Å². The average Bonchev–Trinajstić information content (AvgIpc) is 3.69. The number of hydrogen-bond acceptors (Lipinski definition) is 6. The summed E-state index contributed by atoms with van der Waals surface area (Å²) in [6.07, 6.45) is 7.57. The van der Waals surface area contributed by atoms with Crippen LogP contribution in [0.3, 0.4) is 0 Å². The van der Waals surface area contributed by atoms with E-state index in [1.807, 2.05) is 45.5 Å². The Kier molecular flexibility index (Phi) is 8.86. The summed E-state index contributed by atoms with van der Waals surface area (Å²) >= 11 is 1.62. The van der Waals surface area contributed by atoms with Gasteiger partial charge in [-0.15, -0.1) is 11.3 Å². The summed E-state index contributed by atoms with van der Waals surface area (Å²) in [6.45, 7) is 6.17. The van der Waals surface area contributed by atoms with E-state index < -0.39 is 0 Å². The van der Waals surface area contributed by atoms with Crippen LogP contribution >= 0.6 is 11.3 Å². The third-order valence-electron chi connectivity index (χ3n) is 9.28. The van der Waals surface area contributed by atoms with Crippen molar-refractivity contribution < 1.29 is 14.4 Å². The number of piperazine rings is 1. The molecule has 0 bridgehead atoms. The van der Waals surface area contributed by atoms with Gasteiger partial charge in [-0.3, -0.25) is 19.3 Å². The first-order chi connectivity index (χ1) is 20.5. The van der Waals surface area contributed by atoms with Crippen molar-refractivity contribution in [3.63, 3.8) is 0 Å². The van der Waals surface area contributed by atoms with Gasteiger partial charge in [-0.2, -0.15) is 0 Å². The van der Waals surface area contributed by atoms with Crippen LogP contribution in [0.2, 0.25) is 0 Å². The van der Waals surface area contributed by atoms with E-state index in [4.69, 9.17) is 4.98 Å². The number of likely N-dealkylation sites (tertiary alicyclic amines) is 1. The van der Waals surface area contributed by atoms with E-state index in [1.54, 1.807) is 11.3 Å². The van der Waals surface area contributed by atoms with Crippen molar-refractivity contribution in [3.8, 4) is 10.6 Å². The molecule has 2 aromatic heterocycles. The predicted molar refractivity (Wildman–Crippen MR) is 166 cm³/mol. The number of fused-ring (bicyclic) bond motifs is 1. The number of rotatable bonds is 9. The third kappa shape index (κ3) is 6.22.